The van der Waals surface area contributed by atoms with Gasteiger partial charge in [-0.1, -0.05) is 23.5 Å². The predicted octanol–water partition coefficient (Wildman–Crippen LogP) is 4.17. The Labute approximate surface area is 345 Å². The van der Waals surface area contributed by atoms with E-state index in [9.17, 15) is 61.7 Å². The van der Waals surface area contributed by atoms with Crippen LogP contribution in [0.4, 0.5) is 4.20 Å². The SMILES string of the molecule is C[S+]1c2c(ccc(C=O)c2C=O)Sc2c(C=O)c(C=O)c(C=O)c(C=O)c21.C[S+]1c2c(ccc(C=O)c2C=O)Sc2c(C=O)c(C=O)c(C=O)c(C=O)c21.O=P([O-])([O-])F. The Hall–Kier alpha value is -5.60. The lowest BCUT2D eigenvalue weighted by atomic mass is 9.98. The quantitative estimate of drug-likeness (QED) is 0.110. The summed E-state index contributed by atoms with van der Waals surface area (Å²) in [6.07, 6.45) is 9.25. The highest BCUT2D eigenvalue weighted by molar-refractivity contribution is 8.04. The van der Waals surface area contributed by atoms with Gasteiger partial charge in [0.2, 0.25) is 0 Å². The number of fused-ring (bicyclic) bond motifs is 4. The Morgan fingerprint density at radius 2 is 0.678 bits per heavy atom. The fraction of sp³-hybridized carbons (Fsp3) is 0.0526. The minimum Gasteiger partial charge on any atom is -0.786 e. The van der Waals surface area contributed by atoms with Gasteiger partial charge in [0.1, 0.15) is 20.4 Å². The van der Waals surface area contributed by atoms with Gasteiger partial charge in [-0.3, -0.25) is 57.5 Å². The molecule has 6 rings (SSSR count). The third kappa shape index (κ3) is 8.60. The van der Waals surface area contributed by atoms with Crippen LogP contribution in [-0.4, -0.2) is 87.9 Å². The molecular formula is C38H22FO15PS4. The summed E-state index contributed by atoms with van der Waals surface area (Å²) in [4.78, 5) is 160. The third-order valence-electron chi connectivity index (χ3n) is 8.60. The van der Waals surface area contributed by atoms with Crippen LogP contribution >= 0.6 is 31.4 Å². The highest BCUT2D eigenvalue weighted by Gasteiger charge is 2.43. The second-order valence-electron chi connectivity index (χ2n) is 11.5. The number of carbonyl (C=O) groups excluding carboxylic acids is 12. The van der Waals surface area contributed by atoms with Crippen LogP contribution in [0.2, 0.25) is 0 Å². The van der Waals surface area contributed by atoms with Crippen LogP contribution in [0.3, 0.4) is 0 Å². The van der Waals surface area contributed by atoms with Crippen molar-refractivity contribution >= 4 is 129 Å². The Kier molecular flexibility index (Phi) is 15.2. The summed E-state index contributed by atoms with van der Waals surface area (Å²) in [5.74, 6) is 0. The highest BCUT2D eigenvalue weighted by Crippen LogP contribution is 2.51. The van der Waals surface area contributed by atoms with Crippen molar-refractivity contribution in [3.05, 3.63) is 91.0 Å². The van der Waals surface area contributed by atoms with Crippen molar-refractivity contribution in [2.24, 2.45) is 0 Å². The summed E-state index contributed by atoms with van der Waals surface area (Å²) < 4.78 is 18.6. The Bertz CT molecular complexity index is 2430. The van der Waals surface area contributed by atoms with Crippen molar-refractivity contribution < 1.29 is 76.1 Å². The zero-order valence-electron chi connectivity index (χ0n) is 29.8. The molecule has 0 saturated carbocycles. The first kappa shape index (κ1) is 46.1. The van der Waals surface area contributed by atoms with E-state index in [1.165, 1.54) is 12.1 Å². The van der Waals surface area contributed by atoms with Gasteiger partial charge < -0.3 is 14.4 Å². The number of hydrogen-bond donors (Lipinski definition) is 0. The molecule has 2 heterocycles. The first-order valence-electron chi connectivity index (χ1n) is 15.8. The molecule has 21 heteroatoms. The third-order valence-corrected chi connectivity index (χ3v) is 15.7. The number of carbonyl (C=O) groups is 12. The summed E-state index contributed by atoms with van der Waals surface area (Å²) in [5.41, 5.74) is 0.409. The van der Waals surface area contributed by atoms with E-state index in [0.29, 0.717) is 115 Å². The number of benzene rings is 4. The molecule has 0 radical (unpaired) electrons. The topological polar surface area (TPSA) is 268 Å². The van der Waals surface area contributed by atoms with Crippen LogP contribution in [0.15, 0.2) is 63.4 Å². The molecule has 4 aromatic rings. The zero-order chi connectivity index (χ0) is 43.9. The van der Waals surface area contributed by atoms with E-state index in [1.807, 2.05) is 0 Å². The zero-order valence-corrected chi connectivity index (χ0v) is 34.0. The second kappa shape index (κ2) is 19.4. The van der Waals surface area contributed by atoms with Gasteiger partial charge in [0.05, 0.1) is 63.6 Å². The summed E-state index contributed by atoms with van der Waals surface area (Å²) in [5, 5.41) is 0. The molecule has 15 nitrogen and oxygen atoms in total. The van der Waals surface area contributed by atoms with E-state index in [1.54, 1.807) is 24.6 Å². The lowest BCUT2D eigenvalue weighted by Gasteiger charge is -2.22. The minimum atomic E-state index is -5.64. The molecule has 0 saturated heterocycles. The van der Waals surface area contributed by atoms with Gasteiger partial charge in [-0.25, -0.2) is 4.20 Å². The lowest BCUT2D eigenvalue weighted by molar-refractivity contribution is -0.328. The normalized spacial score (nSPS) is 14.3. The molecule has 59 heavy (non-hydrogen) atoms. The molecule has 4 aromatic carbocycles. The van der Waals surface area contributed by atoms with E-state index >= 15 is 0 Å². The largest absolute Gasteiger partial charge is 0.786 e. The molecule has 0 amide bonds. The summed E-state index contributed by atoms with van der Waals surface area (Å²) in [7, 11) is -7.41. The molecule has 2 unspecified atom stereocenters. The average Bonchev–Trinajstić information content (AvgIpc) is 3.23. The molecular weight excluding hydrogens is 875 g/mol. The number of aldehydes is 12. The van der Waals surface area contributed by atoms with Crippen molar-refractivity contribution in [1.82, 2.24) is 0 Å². The van der Waals surface area contributed by atoms with Crippen LogP contribution < -0.4 is 9.79 Å². The molecule has 0 aliphatic carbocycles. The fourth-order valence-electron chi connectivity index (χ4n) is 6.20. The monoisotopic (exact) mass is 896 g/mol. The smallest absolute Gasteiger partial charge is 0.186 e. The lowest BCUT2D eigenvalue weighted by Crippen LogP contribution is -2.19. The van der Waals surface area contributed by atoms with E-state index in [0.717, 1.165) is 23.5 Å². The second-order valence-corrected chi connectivity index (χ2v) is 18.1. The summed E-state index contributed by atoms with van der Waals surface area (Å²) in [6.45, 7) is 0. The molecule has 0 N–H and O–H groups in total. The van der Waals surface area contributed by atoms with Crippen molar-refractivity contribution in [1.29, 1.82) is 0 Å². The van der Waals surface area contributed by atoms with Gasteiger partial charge in [-0.15, -0.1) is 0 Å². The highest BCUT2D eigenvalue weighted by atomic mass is 32.2. The van der Waals surface area contributed by atoms with Gasteiger partial charge in [0, 0.05) is 44.5 Å². The maximum Gasteiger partial charge on any atom is 0.186 e. The van der Waals surface area contributed by atoms with Crippen LogP contribution in [-0.2, 0) is 26.4 Å². The number of hydrogen-bond acceptors (Lipinski definition) is 17. The molecule has 2 aliphatic rings. The van der Waals surface area contributed by atoms with Crippen LogP contribution in [0, 0.1) is 0 Å². The maximum absolute atomic E-state index is 11.8. The van der Waals surface area contributed by atoms with Crippen molar-refractivity contribution in [3.63, 3.8) is 0 Å². The van der Waals surface area contributed by atoms with Gasteiger partial charge in [-0.2, -0.15) is 0 Å². The van der Waals surface area contributed by atoms with E-state index in [2.05, 4.69) is 0 Å². The van der Waals surface area contributed by atoms with E-state index in [-0.39, 0.29) is 66.8 Å². The average molecular weight is 897 g/mol. The first-order chi connectivity index (χ1) is 28.1. The maximum atomic E-state index is 11.8. The van der Waals surface area contributed by atoms with Crippen LogP contribution in [0.5, 0.6) is 0 Å². The van der Waals surface area contributed by atoms with E-state index in [4.69, 9.17) is 14.4 Å². The molecule has 2 atom stereocenters. The van der Waals surface area contributed by atoms with Crippen molar-refractivity contribution in [2.75, 3.05) is 12.5 Å². The Morgan fingerprint density at radius 1 is 0.424 bits per heavy atom. The van der Waals surface area contributed by atoms with Crippen LogP contribution in [0.1, 0.15) is 124 Å². The molecule has 2 aliphatic heterocycles. The number of halogens is 1. The van der Waals surface area contributed by atoms with Gasteiger partial charge in [0.15, 0.2) is 95.0 Å². The standard InChI is InChI=1S/2C19H11O6S2.FH2O3P/c2*1-27-18-11(5-21)10(4-20)2-3-16(18)26-17-14(8-24)12(6-22)13(7-23)15(9-25)19(17)27;1-5(2,3)4/h2*2-9H,1H3;(H2,2,3,4)/q2*+1;/p-2. The van der Waals surface area contributed by atoms with Crippen molar-refractivity contribution in [2.45, 2.75) is 39.2 Å². The van der Waals surface area contributed by atoms with Crippen molar-refractivity contribution in [3.8, 4) is 0 Å². The number of rotatable bonds is 12. The minimum absolute atomic E-state index is 0.0186. The fourth-order valence-corrected chi connectivity index (χ4v) is 14.2. The van der Waals surface area contributed by atoms with Gasteiger partial charge in [0.25, 0.3) is 0 Å². The molecule has 0 bridgehead atoms. The molecule has 0 aromatic heterocycles. The summed E-state index contributed by atoms with van der Waals surface area (Å²) in [6, 6.07) is 6.33. The molecule has 300 valence electrons. The molecule has 0 spiro atoms. The summed E-state index contributed by atoms with van der Waals surface area (Å²) >= 11 is 2.26. The Morgan fingerprint density at radius 3 is 0.915 bits per heavy atom. The van der Waals surface area contributed by atoms with E-state index < -0.39 is 29.7 Å². The molecule has 0 fully saturated rings. The van der Waals surface area contributed by atoms with Gasteiger partial charge >= 0.3 is 0 Å². The van der Waals surface area contributed by atoms with Gasteiger partial charge in [-0.05, 0) is 24.3 Å². The first-order valence-corrected chi connectivity index (χ1v) is 22.1. The predicted molar refractivity (Wildman–Crippen MR) is 207 cm³/mol. The van der Waals surface area contributed by atoms with Crippen LogP contribution in [0.25, 0.3) is 0 Å². The Balaban J connectivity index is 0.000000234.